The van der Waals surface area contributed by atoms with Crippen molar-refractivity contribution in [1.82, 2.24) is 9.88 Å². The number of rotatable bonds is 1. The molecule has 0 unspecified atom stereocenters. The molecule has 5 heteroatoms. The van der Waals surface area contributed by atoms with Crippen LogP contribution in [0.2, 0.25) is 0 Å². The van der Waals surface area contributed by atoms with Crippen molar-refractivity contribution in [2.45, 2.75) is 18.9 Å². The highest BCUT2D eigenvalue weighted by molar-refractivity contribution is 5.89. The highest BCUT2D eigenvalue weighted by Gasteiger charge is 2.20. The quantitative estimate of drug-likeness (QED) is 0.745. The lowest BCUT2D eigenvalue weighted by Crippen LogP contribution is -2.42. The van der Waals surface area contributed by atoms with Crippen LogP contribution < -0.4 is 5.32 Å². The number of aliphatic hydroxyl groups is 1. The minimum Gasteiger partial charge on any atom is -0.393 e. The molecular weight excluding hydrogens is 206 g/mol. The number of nitrogens with zero attached hydrogens (tertiary/aromatic N) is 2. The maximum absolute atomic E-state index is 11.8. The van der Waals surface area contributed by atoms with E-state index in [1.54, 1.807) is 29.4 Å². The number of aromatic nitrogens is 1. The Hall–Kier alpha value is -1.62. The van der Waals surface area contributed by atoms with Crippen molar-refractivity contribution >= 4 is 11.7 Å². The summed E-state index contributed by atoms with van der Waals surface area (Å²) in [5.41, 5.74) is 0.693. The van der Waals surface area contributed by atoms with E-state index in [0.29, 0.717) is 31.6 Å². The third-order valence-electron chi connectivity index (χ3n) is 2.66. The Morgan fingerprint density at radius 1 is 1.50 bits per heavy atom. The van der Waals surface area contributed by atoms with Gasteiger partial charge < -0.3 is 15.3 Å². The van der Waals surface area contributed by atoms with Crippen molar-refractivity contribution in [2.75, 3.05) is 18.4 Å². The molecule has 1 fully saturated rings. The fourth-order valence-electron chi connectivity index (χ4n) is 1.71. The van der Waals surface area contributed by atoms with Crippen molar-refractivity contribution in [2.24, 2.45) is 0 Å². The van der Waals surface area contributed by atoms with Crippen LogP contribution in [0.1, 0.15) is 12.8 Å². The number of carbonyl (C=O) groups excluding carboxylic acids is 1. The SMILES string of the molecule is O=C(Nc1cccnc1)N1CCC(O)CC1. The molecule has 0 aliphatic carbocycles. The van der Waals surface area contributed by atoms with E-state index < -0.39 is 0 Å². The number of hydrogen-bond acceptors (Lipinski definition) is 3. The van der Waals surface area contributed by atoms with E-state index in [1.165, 1.54) is 0 Å². The Kier molecular flexibility index (Phi) is 3.36. The van der Waals surface area contributed by atoms with Gasteiger partial charge in [-0.15, -0.1) is 0 Å². The van der Waals surface area contributed by atoms with E-state index in [2.05, 4.69) is 10.3 Å². The van der Waals surface area contributed by atoms with Crippen molar-refractivity contribution in [1.29, 1.82) is 0 Å². The summed E-state index contributed by atoms with van der Waals surface area (Å²) in [6.07, 6.45) is 4.31. The summed E-state index contributed by atoms with van der Waals surface area (Å²) in [7, 11) is 0. The Morgan fingerprint density at radius 2 is 2.25 bits per heavy atom. The maximum atomic E-state index is 11.8. The molecule has 0 atom stereocenters. The van der Waals surface area contributed by atoms with E-state index in [9.17, 15) is 9.90 Å². The van der Waals surface area contributed by atoms with Gasteiger partial charge in [0.05, 0.1) is 18.0 Å². The minimum atomic E-state index is -0.262. The van der Waals surface area contributed by atoms with Crippen LogP contribution >= 0.6 is 0 Å². The van der Waals surface area contributed by atoms with Crippen LogP contribution in [0.5, 0.6) is 0 Å². The summed E-state index contributed by atoms with van der Waals surface area (Å²) in [6.45, 7) is 1.21. The van der Waals surface area contributed by atoms with Gasteiger partial charge in [0.25, 0.3) is 0 Å². The van der Waals surface area contributed by atoms with Gasteiger partial charge in [0.2, 0.25) is 0 Å². The van der Waals surface area contributed by atoms with Gasteiger partial charge in [-0.25, -0.2) is 4.79 Å². The van der Waals surface area contributed by atoms with Gasteiger partial charge in [0, 0.05) is 19.3 Å². The van der Waals surface area contributed by atoms with E-state index in [0.717, 1.165) is 0 Å². The molecule has 1 aliphatic heterocycles. The number of piperidine rings is 1. The zero-order valence-corrected chi connectivity index (χ0v) is 8.97. The van der Waals surface area contributed by atoms with Crippen LogP contribution in [0.25, 0.3) is 0 Å². The first-order valence-corrected chi connectivity index (χ1v) is 5.40. The Morgan fingerprint density at radius 3 is 2.88 bits per heavy atom. The third-order valence-corrected chi connectivity index (χ3v) is 2.66. The zero-order valence-electron chi connectivity index (χ0n) is 8.97. The largest absolute Gasteiger partial charge is 0.393 e. The predicted octanol–water partition coefficient (Wildman–Crippen LogP) is 1.07. The highest BCUT2D eigenvalue weighted by Crippen LogP contribution is 2.12. The molecule has 0 spiro atoms. The molecule has 16 heavy (non-hydrogen) atoms. The molecule has 0 aromatic carbocycles. The molecule has 1 aliphatic rings. The summed E-state index contributed by atoms with van der Waals surface area (Å²) in [5.74, 6) is 0. The van der Waals surface area contributed by atoms with E-state index >= 15 is 0 Å². The van der Waals surface area contributed by atoms with Gasteiger partial charge in [-0.1, -0.05) is 0 Å². The molecule has 1 aromatic heterocycles. The van der Waals surface area contributed by atoms with E-state index in [-0.39, 0.29) is 12.1 Å². The monoisotopic (exact) mass is 221 g/mol. The van der Waals surface area contributed by atoms with Gasteiger partial charge in [-0.3, -0.25) is 4.98 Å². The van der Waals surface area contributed by atoms with Crippen molar-refractivity contribution in [3.63, 3.8) is 0 Å². The number of anilines is 1. The van der Waals surface area contributed by atoms with Crippen LogP contribution in [0, 0.1) is 0 Å². The molecule has 2 N–H and O–H groups in total. The normalized spacial score (nSPS) is 17.2. The number of aliphatic hydroxyl groups excluding tert-OH is 1. The van der Waals surface area contributed by atoms with Gasteiger partial charge in [0.1, 0.15) is 0 Å². The lowest BCUT2D eigenvalue weighted by atomic mass is 10.1. The number of urea groups is 1. The number of pyridine rings is 1. The van der Waals surface area contributed by atoms with Crippen LogP contribution in [-0.2, 0) is 0 Å². The predicted molar refractivity (Wildman–Crippen MR) is 60.1 cm³/mol. The Labute approximate surface area is 94.1 Å². The fraction of sp³-hybridized carbons (Fsp3) is 0.455. The number of nitrogens with one attached hydrogen (secondary N) is 1. The van der Waals surface area contributed by atoms with Crippen LogP contribution in [0.4, 0.5) is 10.5 Å². The first-order valence-electron chi connectivity index (χ1n) is 5.40. The molecule has 1 aromatic rings. The van der Waals surface area contributed by atoms with Gasteiger partial charge in [0.15, 0.2) is 0 Å². The molecule has 0 saturated carbocycles. The summed E-state index contributed by atoms with van der Waals surface area (Å²) in [5, 5.41) is 12.1. The summed E-state index contributed by atoms with van der Waals surface area (Å²) < 4.78 is 0. The summed E-state index contributed by atoms with van der Waals surface area (Å²) >= 11 is 0. The lowest BCUT2D eigenvalue weighted by Gasteiger charge is -2.29. The standard InChI is InChI=1S/C11H15N3O2/c15-10-3-6-14(7-4-10)11(16)13-9-2-1-5-12-8-9/h1-2,5,8,10,15H,3-4,6-7H2,(H,13,16). The Balaban J connectivity index is 1.89. The number of hydrogen-bond donors (Lipinski definition) is 2. The maximum Gasteiger partial charge on any atom is 0.321 e. The first-order chi connectivity index (χ1) is 7.75. The van der Waals surface area contributed by atoms with E-state index in [4.69, 9.17) is 0 Å². The fourth-order valence-corrected chi connectivity index (χ4v) is 1.71. The summed E-state index contributed by atoms with van der Waals surface area (Å²) in [4.78, 5) is 17.4. The molecule has 0 radical (unpaired) electrons. The first kappa shape index (κ1) is 10.9. The van der Waals surface area contributed by atoms with Gasteiger partial charge in [-0.2, -0.15) is 0 Å². The molecule has 5 nitrogen and oxygen atoms in total. The van der Waals surface area contributed by atoms with Crippen LogP contribution in [-0.4, -0.2) is 40.2 Å². The van der Waals surface area contributed by atoms with E-state index in [1.807, 2.05) is 0 Å². The van der Waals surface area contributed by atoms with Gasteiger partial charge >= 0.3 is 6.03 Å². The Bertz CT molecular complexity index is 348. The van der Waals surface area contributed by atoms with Crippen LogP contribution in [0.3, 0.4) is 0 Å². The minimum absolute atomic E-state index is 0.125. The second-order valence-electron chi connectivity index (χ2n) is 3.89. The van der Waals surface area contributed by atoms with Crippen molar-refractivity contribution < 1.29 is 9.90 Å². The molecule has 86 valence electrons. The molecular formula is C11H15N3O2. The molecule has 2 rings (SSSR count). The van der Waals surface area contributed by atoms with Crippen LogP contribution in [0.15, 0.2) is 24.5 Å². The zero-order chi connectivity index (χ0) is 11.4. The molecule has 2 heterocycles. The lowest BCUT2D eigenvalue weighted by molar-refractivity contribution is 0.0972. The smallest absolute Gasteiger partial charge is 0.321 e. The molecule has 2 amide bonds. The average molecular weight is 221 g/mol. The molecule has 1 saturated heterocycles. The van der Waals surface area contributed by atoms with Crippen molar-refractivity contribution in [3.8, 4) is 0 Å². The molecule has 0 bridgehead atoms. The summed E-state index contributed by atoms with van der Waals surface area (Å²) in [6, 6.07) is 3.44. The van der Waals surface area contributed by atoms with Gasteiger partial charge in [-0.05, 0) is 25.0 Å². The number of carbonyl (C=O) groups is 1. The highest BCUT2D eigenvalue weighted by atomic mass is 16.3. The topological polar surface area (TPSA) is 65.5 Å². The third kappa shape index (κ3) is 2.70. The van der Waals surface area contributed by atoms with Crippen molar-refractivity contribution in [3.05, 3.63) is 24.5 Å². The average Bonchev–Trinajstić information content (AvgIpc) is 2.31. The number of amides is 2. The second kappa shape index (κ2) is 4.94. The number of likely N-dealkylation sites (tertiary alicyclic amines) is 1. The second-order valence-corrected chi connectivity index (χ2v) is 3.89.